The number of aromatic carboxylic acids is 1. The molecule has 5 nitrogen and oxygen atoms in total. The van der Waals surface area contributed by atoms with Crippen LogP contribution in [0.4, 0.5) is 0 Å². The molecule has 0 heterocycles. The van der Waals surface area contributed by atoms with Gasteiger partial charge in [0.2, 0.25) is 10.0 Å². The lowest BCUT2D eigenvalue weighted by Gasteiger charge is -2.23. The molecule has 0 aromatic heterocycles. The number of rotatable bonds is 16. The van der Waals surface area contributed by atoms with Gasteiger partial charge in [0.15, 0.2) is 0 Å². The predicted octanol–water partition coefficient (Wildman–Crippen LogP) is 7.59. The average Bonchev–Trinajstić information content (AvgIpc) is 2.81. The molecule has 2 rings (SSSR count). The van der Waals surface area contributed by atoms with Crippen molar-refractivity contribution in [2.45, 2.75) is 80.8 Å². The van der Waals surface area contributed by atoms with Gasteiger partial charge in [-0.25, -0.2) is 13.2 Å². The molecule has 2 aromatic carbocycles. The van der Waals surface area contributed by atoms with Gasteiger partial charge in [-0.05, 0) is 48.7 Å². The van der Waals surface area contributed by atoms with Gasteiger partial charge in [0, 0.05) is 28.2 Å². The van der Waals surface area contributed by atoms with Crippen LogP contribution in [0.15, 0.2) is 56.7 Å². The lowest BCUT2D eigenvalue weighted by Crippen LogP contribution is -2.33. The number of nitrogens with zero attached hydrogens (tertiary/aromatic N) is 1. The Kier molecular flexibility index (Phi) is 12.7. The molecule has 2 aromatic rings. The molecular weight excluding hydrogens is 534 g/mol. The standard InChI is InChI=1S/C26H36BrNO4S2/c1-3-5-7-9-16-28(17-10-8-6-4-2)34(31,32)23-14-15-25(24(19-23)26(29)30)33-20-21-12-11-13-22(27)18-21/h11-15,18-19H,3-10,16-17,20H2,1-2H3,(H,29,30). The summed E-state index contributed by atoms with van der Waals surface area (Å²) in [7, 11) is -3.77. The molecule has 0 fully saturated rings. The first-order valence-corrected chi connectivity index (χ1v) is 15.3. The molecule has 8 heteroatoms. The summed E-state index contributed by atoms with van der Waals surface area (Å²) in [6, 6.07) is 12.3. The van der Waals surface area contributed by atoms with Crippen molar-refractivity contribution < 1.29 is 18.3 Å². The molecule has 188 valence electrons. The van der Waals surface area contributed by atoms with E-state index in [1.807, 2.05) is 24.3 Å². The van der Waals surface area contributed by atoms with Crippen molar-refractivity contribution in [1.29, 1.82) is 0 Å². The third-order valence-electron chi connectivity index (χ3n) is 5.62. The zero-order chi connectivity index (χ0) is 25.0. The van der Waals surface area contributed by atoms with Crippen LogP contribution in [0, 0.1) is 0 Å². The highest BCUT2D eigenvalue weighted by atomic mass is 79.9. The number of hydrogen-bond donors (Lipinski definition) is 1. The summed E-state index contributed by atoms with van der Waals surface area (Å²) in [5.41, 5.74) is 1.08. The summed E-state index contributed by atoms with van der Waals surface area (Å²) in [6.45, 7) is 5.19. The Morgan fingerprint density at radius 2 is 1.59 bits per heavy atom. The van der Waals surface area contributed by atoms with Crippen LogP contribution >= 0.6 is 27.7 Å². The maximum absolute atomic E-state index is 13.5. The molecule has 0 unspecified atom stereocenters. The van der Waals surface area contributed by atoms with Crippen LogP contribution in [0.2, 0.25) is 0 Å². The van der Waals surface area contributed by atoms with Crippen LogP contribution < -0.4 is 0 Å². The van der Waals surface area contributed by atoms with Crippen LogP contribution in [0.3, 0.4) is 0 Å². The van der Waals surface area contributed by atoms with Crippen LogP contribution in [0.25, 0.3) is 0 Å². The maximum Gasteiger partial charge on any atom is 0.336 e. The van der Waals surface area contributed by atoms with Crippen LogP contribution in [0.5, 0.6) is 0 Å². The van der Waals surface area contributed by atoms with Crippen molar-refractivity contribution >= 4 is 43.7 Å². The van der Waals surface area contributed by atoms with Crippen molar-refractivity contribution in [2.24, 2.45) is 0 Å². The smallest absolute Gasteiger partial charge is 0.336 e. The molecule has 0 bridgehead atoms. The molecule has 0 saturated heterocycles. The van der Waals surface area contributed by atoms with Crippen LogP contribution in [-0.4, -0.2) is 36.9 Å². The van der Waals surface area contributed by atoms with E-state index < -0.39 is 16.0 Å². The van der Waals surface area contributed by atoms with Crippen molar-refractivity contribution in [3.8, 4) is 0 Å². The predicted molar refractivity (Wildman–Crippen MR) is 144 cm³/mol. The molecule has 0 aliphatic rings. The van der Waals surface area contributed by atoms with Crippen molar-refractivity contribution in [3.05, 3.63) is 58.1 Å². The highest BCUT2D eigenvalue weighted by Crippen LogP contribution is 2.30. The van der Waals surface area contributed by atoms with Gasteiger partial charge in [-0.15, -0.1) is 11.8 Å². The molecule has 1 N–H and O–H groups in total. The van der Waals surface area contributed by atoms with E-state index in [1.54, 1.807) is 16.4 Å². The number of hydrogen-bond acceptors (Lipinski definition) is 4. The molecule has 0 radical (unpaired) electrons. The van der Waals surface area contributed by atoms with Gasteiger partial charge >= 0.3 is 5.97 Å². The third kappa shape index (κ3) is 9.02. The Morgan fingerprint density at radius 3 is 2.15 bits per heavy atom. The molecule has 34 heavy (non-hydrogen) atoms. The number of carboxylic acid groups (broad SMARTS) is 1. The van der Waals surface area contributed by atoms with Gasteiger partial charge in [-0.2, -0.15) is 4.31 Å². The number of carbonyl (C=O) groups is 1. The Morgan fingerprint density at radius 1 is 0.941 bits per heavy atom. The highest BCUT2D eigenvalue weighted by molar-refractivity contribution is 9.10. The van der Waals surface area contributed by atoms with Gasteiger partial charge in [0.05, 0.1) is 10.5 Å². The minimum atomic E-state index is -3.77. The summed E-state index contributed by atoms with van der Waals surface area (Å²) < 4.78 is 29.5. The fourth-order valence-electron chi connectivity index (χ4n) is 3.68. The summed E-state index contributed by atoms with van der Waals surface area (Å²) in [5.74, 6) is -0.529. The van der Waals surface area contributed by atoms with Crippen LogP contribution in [-0.2, 0) is 15.8 Å². The molecular formula is C26H36BrNO4S2. The molecule has 0 saturated carbocycles. The van der Waals surface area contributed by atoms with Gasteiger partial charge in [0.1, 0.15) is 0 Å². The Hall–Kier alpha value is -1.35. The van der Waals surface area contributed by atoms with Gasteiger partial charge in [-0.3, -0.25) is 0 Å². The normalized spacial score (nSPS) is 11.8. The third-order valence-corrected chi connectivity index (χ3v) is 9.16. The summed E-state index contributed by atoms with van der Waals surface area (Å²) >= 11 is 4.84. The zero-order valence-electron chi connectivity index (χ0n) is 20.1. The Labute approximate surface area is 217 Å². The quantitative estimate of drug-likeness (QED) is 0.166. The minimum Gasteiger partial charge on any atom is -0.478 e. The van der Waals surface area contributed by atoms with Crippen LogP contribution in [0.1, 0.15) is 81.1 Å². The van der Waals surface area contributed by atoms with Crippen molar-refractivity contribution in [3.63, 3.8) is 0 Å². The molecule has 0 spiro atoms. The molecule has 0 atom stereocenters. The fraction of sp³-hybridized carbons (Fsp3) is 0.500. The maximum atomic E-state index is 13.5. The van der Waals surface area contributed by atoms with E-state index in [2.05, 4.69) is 29.8 Å². The van der Waals surface area contributed by atoms with Gasteiger partial charge in [-0.1, -0.05) is 80.4 Å². The second-order valence-electron chi connectivity index (χ2n) is 8.41. The Bertz CT molecular complexity index is 1020. The lowest BCUT2D eigenvalue weighted by molar-refractivity contribution is 0.0693. The second kappa shape index (κ2) is 14.9. The van der Waals surface area contributed by atoms with Crippen molar-refractivity contribution in [1.82, 2.24) is 4.31 Å². The fourth-order valence-corrected chi connectivity index (χ4v) is 6.64. The zero-order valence-corrected chi connectivity index (χ0v) is 23.4. The van der Waals surface area contributed by atoms with Gasteiger partial charge in [0.25, 0.3) is 0 Å². The number of carboxylic acids is 1. The van der Waals surface area contributed by atoms with E-state index in [-0.39, 0.29) is 10.5 Å². The monoisotopic (exact) mass is 569 g/mol. The lowest BCUT2D eigenvalue weighted by atomic mass is 10.2. The largest absolute Gasteiger partial charge is 0.478 e. The molecule has 0 aliphatic heterocycles. The van der Waals surface area contributed by atoms with Crippen molar-refractivity contribution in [2.75, 3.05) is 13.1 Å². The van der Waals surface area contributed by atoms with E-state index in [0.717, 1.165) is 61.4 Å². The Balaban J connectivity index is 2.23. The van der Waals surface area contributed by atoms with E-state index in [0.29, 0.717) is 23.7 Å². The first-order valence-electron chi connectivity index (χ1n) is 12.0. The topological polar surface area (TPSA) is 74.7 Å². The number of thioether (sulfide) groups is 1. The number of benzene rings is 2. The number of sulfonamides is 1. The molecule has 0 aliphatic carbocycles. The number of halogens is 1. The number of unbranched alkanes of at least 4 members (excludes halogenated alkanes) is 6. The van der Waals surface area contributed by atoms with E-state index in [1.165, 1.54) is 17.8 Å². The summed E-state index contributed by atoms with van der Waals surface area (Å²) in [6.07, 6.45) is 7.94. The van der Waals surface area contributed by atoms with Gasteiger partial charge < -0.3 is 5.11 Å². The average molecular weight is 571 g/mol. The highest BCUT2D eigenvalue weighted by Gasteiger charge is 2.26. The summed E-state index contributed by atoms with van der Waals surface area (Å²) in [4.78, 5) is 12.6. The first-order chi connectivity index (χ1) is 16.3. The second-order valence-corrected chi connectivity index (χ2v) is 12.3. The minimum absolute atomic E-state index is 0.0259. The summed E-state index contributed by atoms with van der Waals surface area (Å²) in [5, 5.41) is 9.81. The van der Waals surface area contributed by atoms with E-state index in [4.69, 9.17) is 0 Å². The molecule has 0 amide bonds. The first kappa shape index (κ1) is 28.9. The van der Waals surface area contributed by atoms with E-state index >= 15 is 0 Å². The SMILES string of the molecule is CCCCCCN(CCCCCC)S(=O)(=O)c1ccc(SCc2cccc(Br)c2)c(C(=O)O)c1. The van der Waals surface area contributed by atoms with E-state index in [9.17, 15) is 18.3 Å².